The van der Waals surface area contributed by atoms with Crippen LogP contribution in [0.4, 0.5) is 0 Å². The van der Waals surface area contributed by atoms with Crippen LogP contribution in [-0.2, 0) is 6.54 Å². The van der Waals surface area contributed by atoms with Crippen LogP contribution in [-0.4, -0.2) is 20.0 Å². The predicted octanol–water partition coefficient (Wildman–Crippen LogP) is 1.66. The predicted molar refractivity (Wildman–Crippen MR) is 70.7 cm³/mol. The van der Waals surface area contributed by atoms with Crippen LogP contribution in [0, 0.1) is 34.6 Å². The Labute approximate surface area is 107 Å². The number of rotatable bonds is 2. The van der Waals surface area contributed by atoms with E-state index >= 15 is 0 Å². The van der Waals surface area contributed by atoms with Gasteiger partial charge in [-0.05, 0) is 45.7 Å². The molecule has 2 rings (SSSR count). The number of nitrogens with two attached hydrogens (primary N) is 1. The van der Waals surface area contributed by atoms with E-state index in [-0.39, 0.29) is 0 Å². The normalized spacial score (nSPS) is 11.0. The molecule has 18 heavy (non-hydrogen) atoms. The molecule has 2 aromatic rings. The minimum absolute atomic E-state index is 0.439. The second-order valence-electron chi connectivity index (χ2n) is 4.62. The number of nitrogens with zero attached hydrogens (tertiary/aromatic N) is 4. The number of aryl methyl sites for hydroxylation is 2. The molecule has 0 fully saturated rings. The van der Waals surface area contributed by atoms with Crippen LogP contribution in [0.5, 0.6) is 0 Å². The quantitative estimate of drug-likeness (QED) is 0.873. The highest BCUT2D eigenvalue weighted by molar-refractivity contribution is 5.42. The van der Waals surface area contributed by atoms with E-state index in [2.05, 4.69) is 22.2 Å². The largest absolute Gasteiger partial charge is 0.326 e. The molecule has 0 bridgehead atoms. The maximum atomic E-state index is 5.84. The van der Waals surface area contributed by atoms with Crippen molar-refractivity contribution in [2.45, 2.75) is 41.2 Å². The van der Waals surface area contributed by atoms with E-state index in [1.807, 2.05) is 32.4 Å². The fourth-order valence-electron chi connectivity index (χ4n) is 1.99. The highest BCUT2D eigenvalue weighted by atomic mass is 15.4. The minimum Gasteiger partial charge on any atom is -0.326 e. The van der Waals surface area contributed by atoms with Crippen molar-refractivity contribution >= 4 is 0 Å². The van der Waals surface area contributed by atoms with Gasteiger partial charge in [0.05, 0.1) is 11.4 Å². The summed E-state index contributed by atoms with van der Waals surface area (Å²) < 4.78 is 1.84. The molecule has 0 spiro atoms. The third-order valence-electron chi connectivity index (χ3n) is 3.62. The van der Waals surface area contributed by atoms with Gasteiger partial charge in [0.1, 0.15) is 0 Å². The molecular formula is C13H19N5. The van der Waals surface area contributed by atoms with E-state index in [1.54, 1.807) is 0 Å². The molecule has 0 aliphatic heterocycles. The molecule has 0 saturated carbocycles. The third-order valence-corrected chi connectivity index (χ3v) is 3.62. The first kappa shape index (κ1) is 12.7. The molecule has 96 valence electrons. The lowest BCUT2D eigenvalue weighted by molar-refractivity contribution is 0.751. The summed E-state index contributed by atoms with van der Waals surface area (Å²) in [5.41, 5.74) is 12.1. The Bertz CT molecular complexity index is 598. The van der Waals surface area contributed by atoms with E-state index in [4.69, 9.17) is 5.73 Å². The second kappa shape index (κ2) is 4.49. The van der Waals surface area contributed by atoms with E-state index in [0.29, 0.717) is 6.54 Å². The van der Waals surface area contributed by atoms with Crippen LogP contribution in [0.25, 0.3) is 5.82 Å². The van der Waals surface area contributed by atoms with Gasteiger partial charge in [-0.1, -0.05) is 0 Å². The van der Waals surface area contributed by atoms with Gasteiger partial charge in [-0.25, -0.2) is 4.68 Å². The summed E-state index contributed by atoms with van der Waals surface area (Å²) in [5, 5.41) is 13.0. The van der Waals surface area contributed by atoms with E-state index in [1.165, 1.54) is 5.56 Å². The smallest absolute Gasteiger partial charge is 0.180 e. The summed E-state index contributed by atoms with van der Waals surface area (Å²) in [6, 6.07) is 0. The van der Waals surface area contributed by atoms with Crippen molar-refractivity contribution in [1.82, 2.24) is 20.0 Å². The lowest BCUT2D eigenvalue weighted by atomic mass is 10.1. The average Bonchev–Trinajstić information content (AvgIpc) is 2.60. The van der Waals surface area contributed by atoms with Crippen molar-refractivity contribution in [2.24, 2.45) is 5.73 Å². The molecule has 0 aliphatic carbocycles. The molecule has 0 saturated heterocycles. The molecule has 0 atom stereocenters. The van der Waals surface area contributed by atoms with Crippen molar-refractivity contribution in [1.29, 1.82) is 0 Å². The number of hydrogen-bond donors (Lipinski definition) is 1. The van der Waals surface area contributed by atoms with E-state index in [9.17, 15) is 0 Å². The molecule has 0 amide bonds. The molecule has 2 N–H and O–H groups in total. The van der Waals surface area contributed by atoms with Crippen molar-refractivity contribution in [2.75, 3.05) is 0 Å². The Morgan fingerprint density at radius 3 is 2.11 bits per heavy atom. The first-order chi connectivity index (χ1) is 8.47. The highest BCUT2D eigenvalue weighted by Gasteiger charge is 2.16. The average molecular weight is 245 g/mol. The van der Waals surface area contributed by atoms with Crippen LogP contribution in [0.3, 0.4) is 0 Å². The Balaban J connectivity index is 2.71. The molecule has 0 aliphatic rings. The fraction of sp³-hybridized carbons (Fsp3) is 0.462. The standard InChI is InChI=1S/C13H19N5/c1-7-10(4)17-18(11(7)5)13-12(6-14)8(2)9(3)15-16-13/h6,14H2,1-5H3. The maximum Gasteiger partial charge on any atom is 0.180 e. The first-order valence-electron chi connectivity index (χ1n) is 6.03. The zero-order valence-electron chi connectivity index (χ0n) is 11.6. The molecule has 0 radical (unpaired) electrons. The van der Waals surface area contributed by atoms with Crippen molar-refractivity contribution in [3.8, 4) is 5.82 Å². The van der Waals surface area contributed by atoms with Gasteiger partial charge in [-0.2, -0.15) is 10.2 Å². The summed E-state index contributed by atoms with van der Waals surface area (Å²) >= 11 is 0. The third kappa shape index (κ3) is 1.80. The van der Waals surface area contributed by atoms with Crippen molar-refractivity contribution in [3.63, 3.8) is 0 Å². The van der Waals surface area contributed by atoms with Gasteiger partial charge in [0.2, 0.25) is 0 Å². The summed E-state index contributed by atoms with van der Waals surface area (Å²) in [7, 11) is 0. The monoisotopic (exact) mass is 245 g/mol. The van der Waals surface area contributed by atoms with Gasteiger partial charge in [-0.15, -0.1) is 5.10 Å². The Morgan fingerprint density at radius 2 is 1.61 bits per heavy atom. The van der Waals surface area contributed by atoms with Crippen LogP contribution >= 0.6 is 0 Å². The SMILES string of the molecule is Cc1nnc(-n2nc(C)c(C)c2C)c(CN)c1C. The van der Waals surface area contributed by atoms with Gasteiger partial charge < -0.3 is 5.73 Å². The second-order valence-corrected chi connectivity index (χ2v) is 4.62. The highest BCUT2D eigenvalue weighted by Crippen LogP contribution is 2.20. The van der Waals surface area contributed by atoms with Gasteiger partial charge in [-0.3, -0.25) is 0 Å². The Kier molecular flexibility index (Phi) is 3.17. The van der Waals surface area contributed by atoms with E-state index in [0.717, 1.165) is 34.0 Å². The van der Waals surface area contributed by atoms with Crippen molar-refractivity contribution < 1.29 is 0 Å². The molecule has 0 aromatic carbocycles. The fourth-order valence-corrected chi connectivity index (χ4v) is 1.99. The van der Waals surface area contributed by atoms with E-state index < -0.39 is 0 Å². The Hall–Kier alpha value is -1.75. The zero-order chi connectivity index (χ0) is 13.4. The molecule has 5 heteroatoms. The molecular weight excluding hydrogens is 226 g/mol. The molecule has 2 heterocycles. The minimum atomic E-state index is 0.439. The lowest BCUT2D eigenvalue weighted by Crippen LogP contribution is -2.13. The van der Waals surface area contributed by atoms with Gasteiger partial charge in [0, 0.05) is 17.8 Å². The molecule has 2 aromatic heterocycles. The van der Waals surface area contributed by atoms with Crippen molar-refractivity contribution in [3.05, 3.63) is 33.8 Å². The summed E-state index contributed by atoms with van der Waals surface area (Å²) in [5.74, 6) is 0.745. The van der Waals surface area contributed by atoms with Crippen LogP contribution in [0.1, 0.15) is 33.8 Å². The summed E-state index contributed by atoms with van der Waals surface area (Å²) in [6.45, 7) is 10.5. The topological polar surface area (TPSA) is 69.6 Å². The molecule has 0 unspecified atom stereocenters. The maximum absolute atomic E-state index is 5.84. The first-order valence-corrected chi connectivity index (χ1v) is 6.03. The number of aromatic nitrogens is 4. The van der Waals surface area contributed by atoms with Crippen LogP contribution in [0.2, 0.25) is 0 Å². The van der Waals surface area contributed by atoms with Gasteiger partial charge in [0.25, 0.3) is 0 Å². The van der Waals surface area contributed by atoms with Gasteiger partial charge in [0.15, 0.2) is 5.82 Å². The number of hydrogen-bond acceptors (Lipinski definition) is 4. The lowest BCUT2D eigenvalue weighted by Gasteiger charge is -2.12. The zero-order valence-corrected chi connectivity index (χ0v) is 11.6. The summed E-state index contributed by atoms with van der Waals surface area (Å²) in [4.78, 5) is 0. The Morgan fingerprint density at radius 1 is 0.944 bits per heavy atom. The van der Waals surface area contributed by atoms with Crippen LogP contribution < -0.4 is 5.73 Å². The molecule has 5 nitrogen and oxygen atoms in total. The van der Waals surface area contributed by atoms with Crippen LogP contribution in [0.15, 0.2) is 0 Å². The summed E-state index contributed by atoms with van der Waals surface area (Å²) in [6.07, 6.45) is 0. The van der Waals surface area contributed by atoms with Gasteiger partial charge >= 0.3 is 0 Å².